The van der Waals surface area contributed by atoms with Crippen molar-refractivity contribution >= 4 is 11.0 Å². The van der Waals surface area contributed by atoms with Gasteiger partial charge in [0.25, 0.3) is 0 Å². The minimum absolute atomic E-state index is 0.778. The molecule has 1 aromatic heterocycles. The fraction of sp³-hybridized carbons (Fsp3) is 0.750. The maximum absolute atomic E-state index is 4.51. The Kier molecular flexibility index (Phi) is 9.97. The number of unbranched alkanes of at least 4 members (excludes halogenated alkanes) is 2. The van der Waals surface area contributed by atoms with E-state index in [0.717, 1.165) is 29.5 Å². The van der Waals surface area contributed by atoms with Crippen molar-refractivity contribution in [1.82, 2.24) is 19.9 Å². The lowest BCUT2D eigenvalue weighted by atomic mass is 9.96. The first-order valence-corrected chi connectivity index (χ1v) is 11.6. The van der Waals surface area contributed by atoms with Crippen LogP contribution < -0.4 is 0 Å². The number of nitrogens with zero attached hydrogens (tertiary/aromatic N) is 4. The van der Waals surface area contributed by atoms with Crippen molar-refractivity contribution in [2.24, 2.45) is 11.8 Å². The smallest absolute Gasteiger partial charge is 0.116 e. The van der Waals surface area contributed by atoms with Crippen molar-refractivity contribution in [2.75, 3.05) is 13.1 Å². The quantitative estimate of drug-likeness (QED) is 0.375. The van der Waals surface area contributed by atoms with Crippen LogP contribution in [0.1, 0.15) is 84.6 Å². The van der Waals surface area contributed by atoms with Gasteiger partial charge < -0.3 is 0 Å². The van der Waals surface area contributed by atoms with Crippen LogP contribution in [0.25, 0.3) is 11.0 Å². The van der Waals surface area contributed by atoms with Gasteiger partial charge in [-0.05, 0) is 43.2 Å². The molecule has 2 rings (SSSR count). The SMILES string of the molecule is CCCC[C@H](CC)CN(C[C@@H](CC)CCCC)Cn1nnc2c(C)cccc21. The molecule has 0 aliphatic rings. The molecule has 4 nitrogen and oxygen atoms in total. The van der Waals surface area contributed by atoms with E-state index < -0.39 is 0 Å². The molecule has 0 N–H and O–H groups in total. The standard InChI is InChI=1S/C24H42N4/c1-6-10-14-21(8-3)17-27(18-22(9-4)15-11-7-2)19-28-23-16-12-13-20(5)24(23)25-26-28/h12-13,16,21-22H,6-11,14-15,17-19H2,1-5H3/t21-,22-/m0/s1. The molecule has 0 aliphatic heterocycles. The molecule has 0 amide bonds. The average Bonchev–Trinajstić information content (AvgIpc) is 3.12. The molecular formula is C24H42N4. The molecule has 0 spiro atoms. The molecule has 158 valence electrons. The summed E-state index contributed by atoms with van der Waals surface area (Å²) < 4.78 is 2.11. The number of aromatic nitrogens is 3. The van der Waals surface area contributed by atoms with E-state index in [2.05, 4.69) is 72.7 Å². The summed E-state index contributed by atoms with van der Waals surface area (Å²) in [4.78, 5) is 2.66. The van der Waals surface area contributed by atoms with E-state index in [1.54, 1.807) is 0 Å². The van der Waals surface area contributed by atoms with Crippen LogP contribution in [0.15, 0.2) is 18.2 Å². The van der Waals surface area contributed by atoms with Gasteiger partial charge in [-0.3, -0.25) is 4.90 Å². The van der Waals surface area contributed by atoms with Crippen molar-refractivity contribution in [2.45, 2.75) is 92.7 Å². The molecule has 0 bridgehead atoms. The molecule has 1 heterocycles. The van der Waals surface area contributed by atoms with Crippen LogP contribution in [0.3, 0.4) is 0 Å². The first kappa shape index (κ1) is 22.9. The average molecular weight is 387 g/mol. The molecule has 0 aliphatic carbocycles. The Morgan fingerprint density at radius 1 is 0.929 bits per heavy atom. The van der Waals surface area contributed by atoms with E-state index in [1.807, 2.05) is 0 Å². The van der Waals surface area contributed by atoms with Crippen LogP contribution in [-0.4, -0.2) is 33.0 Å². The third-order valence-corrected chi connectivity index (χ3v) is 6.20. The fourth-order valence-electron chi connectivity index (χ4n) is 4.18. The van der Waals surface area contributed by atoms with Crippen LogP contribution >= 0.6 is 0 Å². The number of hydrogen-bond acceptors (Lipinski definition) is 3. The number of aryl methyl sites for hydroxylation is 1. The summed E-state index contributed by atoms with van der Waals surface area (Å²) in [5.41, 5.74) is 3.41. The Morgan fingerprint density at radius 3 is 2.07 bits per heavy atom. The van der Waals surface area contributed by atoms with Crippen LogP contribution in [0, 0.1) is 18.8 Å². The van der Waals surface area contributed by atoms with Gasteiger partial charge in [-0.25, -0.2) is 4.68 Å². The van der Waals surface area contributed by atoms with E-state index in [4.69, 9.17) is 0 Å². The van der Waals surface area contributed by atoms with E-state index in [-0.39, 0.29) is 0 Å². The molecule has 2 aromatic rings. The molecule has 0 saturated heterocycles. The van der Waals surface area contributed by atoms with E-state index in [1.165, 1.54) is 70.0 Å². The van der Waals surface area contributed by atoms with Gasteiger partial charge in [0, 0.05) is 13.1 Å². The van der Waals surface area contributed by atoms with E-state index in [0.29, 0.717) is 0 Å². The summed E-state index contributed by atoms with van der Waals surface area (Å²) >= 11 is 0. The second-order valence-corrected chi connectivity index (χ2v) is 8.54. The van der Waals surface area contributed by atoms with E-state index in [9.17, 15) is 0 Å². The Bertz CT molecular complexity index is 660. The van der Waals surface area contributed by atoms with Crippen LogP contribution in [0.5, 0.6) is 0 Å². The monoisotopic (exact) mass is 386 g/mol. The first-order chi connectivity index (χ1) is 13.6. The zero-order valence-electron chi connectivity index (χ0n) is 19.0. The highest BCUT2D eigenvalue weighted by Gasteiger charge is 2.18. The zero-order chi connectivity index (χ0) is 20.4. The molecule has 0 radical (unpaired) electrons. The Morgan fingerprint density at radius 2 is 1.54 bits per heavy atom. The summed E-state index contributed by atoms with van der Waals surface area (Å²) in [6, 6.07) is 6.40. The normalized spacial score (nSPS) is 14.1. The van der Waals surface area contributed by atoms with Crippen molar-refractivity contribution in [3.8, 4) is 0 Å². The molecule has 0 unspecified atom stereocenters. The highest BCUT2D eigenvalue weighted by atomic mass is 15.5. The van der Waals surface area contributed by atoms with Crippen LogP contribution in [-0.2, 0) is 6.67 Å². The molecule has 28 heavy (non-hydrogen) atoms. The number of benzene rings is 1. The van der Waals surface area contributed by atoms with Gasteiger partial charge in [-0.1, -0.05) is 83.6 Å². The predicted molar refractivity (Wildman–Crippen MR) is 120 cm³/mol. The van der Waals surface area contributed by atoms with Gasteiger partial charge in [0.1, 0.15) is 5.52 Å². The third kappa shape index (κ3) is 6.58. The maximum atomic E-state index is 4.51. The Labute approximate surface area is 172 Å². The lowest BCUT2D eigenvalue weighted by Crippen LogP contribution is -2.36. The summed E-state index contributed by atoms with van der Waals surface area (Å²) in [7, 11) is 0. The van der Waals surface area contributed by atoms with E-state index >= 15 is 0 Å². The van der Waals surface area contributed by atoms with Gasteiger partial charge in [0.2, 0.25) is 0 Å². The van der Waals surface area contributed by atoms with Gasteiger partial charge >= 0.3 is 0 Å². The van der Waals surface area contributed by atoms with Crippen molar-refractivity contribution in [3.63, 3.8) is 0 Å². The topological polar surface area (TPSA) is 34.0 Å². The molecular weight excluding hydrogens is 344 g/mol. The van der Waals surface area contributed by atoms with Crippen molar-refractivity contribution in [3.05, 3.63) is 23.8 Å². The lowest BCUT2D eigenvalue weighted by Gasteiger charge is -2.30. The predicted octanol–water partition coefficient (Wildman–Crippen LogP) is 6.43. The largest absolute Gasteiger partial charge is 0.284 e. The maximum Gasteiger partial charge on any atom is 0.116 e. The van der Waals surface area contributed by atoms with Gasteiger partial charge in [0.15, 0.2) is 0 Å². The highest BCUT2D eigenvalue weighted by molar-refractivity contribution is 5.77. The summed E-state index contributed by atoms with van der Waals surface area (Å²) in [5.74, 6) is 1.56. The second-order valence-electron chi connectivity index (χ2n) is 8.54. The molecule has 0 saturated carbocycles. The Balaban J connectivity index is 2.16. The lowest BCUT2D eigenvalue weighted by molar-refractivity contribution is 0.139. The van der Waals surface area contributed by atoms with Crippen molar-refractivity contribution < 1.29 is 0 Å². The summed E-state index contributed by atoms with van der Waals surface area (Å²) in [5, 5.41) is 8.97. The molecule has 1 aromatic carbocycles. The van der Waals surface area contributed by atoms with Gasteiger partial charge in [0.05, 0.1) is 12.2 Å². The molecule has 0 fully saturated rings. The van der Waals surface area contributed by atoms with Gasteiger partial charge in [-0.2, -0.15) is 0 Å². The first-order valence-electron chi connectivity index (χ1n) is 11.6. The van der Waals surface area contributed by atoms with Gasteiger partial charge in [-0.15, -0.1) is 5.10 Å². The third-order valence-electron chi connectivity index (χ3n) is 6.20. The minimum Gasteiger partial charge on any atom is -0.284 e. The zero-order valence-corrected chi connectivity index (χ0v) is 19.0. The molecule has 4 heteroatoms. The van der Waals surface area contributed by atoms with Crippen LogP contribution in [0.4, 0.5) is 0 Å². The highest BCUT2D eigenvalue weighted by Crippen LogP contribution is 2.21. The fourth-order valence-corrected chi connectivity index (χ4v) is 4.18. The van der Waals surface area contributed by atoms with Crippen molar-refractivity contribution in [1.29, 1.82) is 0 Å². The molecule has 2 atom stereocenters. The summed E-state index contributed by atoms with van der Waals surface area (Å²) in [6.07, 6.45) is 10.5. The van der Waals surface area contributed by atoms with Crippen LogP contribution in [0.2, 0.25) is 0 Å². The number of rotatable bonds is 14. The Hall–Kier alpha value is -1.42. The summed E-state index contributed by atoms with van der Waals surface area (Å²) in [6.45, 7) is 14.6. The second kappa shape index (κ2) is 12.2. The number of hydrogen-bond donors (Lipinski definition) is 0. The number of fused-ring (bicyclic) bond motifs is 1. The minimum atomic E-state index is 0.778.